The molecule has 2 rings (SSSR count). The van der Waals surface area contributed by atoms with E-state index in [1.54, 1.807) is 24.3 Å². The first-order valence-corrected chi connectivity index (χ1v) is 10.2. The number of benzene rings is 2. The van der Waals surface area contributed by atoms with Crippen molar-refractivity contribution in [2.24, 2.45) is 0 Å². The molecule has 2 aromatic rings. The first-order chi connectivity index (χ1) is 12.9. The van der Waals surface area contributed by atoms with Gasteiger partial charge in [0.15, 0.2) is 6.61 Å². The molecule has 0 radical (unpaired) electrons. The summed E-state index contributed by atoms with van der Waals surface area (Å²) in [7, 11) is -3.51. The number of sulfonamides is 1. The minimum absolute atomic E-state index is 0.155. The van der Waals surface area contributed by atoms with Crippen LogP contribution in [0.4, 0.5) is 5.69 Å². The summed E-state index contributed by atoms with van der Waals surface area (Å²) in [6.07, 6.45) is 0.712. The van der Waals surface area contributed by atoms with Crippen LogP contribution in [0.15, 0.2) is 53.4 Å². The largest absolute Gasteiger partial charge is 0.494 e. The highest BCUT2D eigenvalue weighted by molar-refractivity contribution is 7.89. The first-order valence-electron chi connectivity index (χ1n) is 8.70. The normalized spacial score (nSPS) is 11.0. The average Bonchev–Trinajstić information content (AvgIpc) is 2.67. The van der Waals surface area contributed by atoms with Gasteiger partial charge >= 0.3 is 0 Å². The third-order valence-corrected chi connectivity index (χ3v) is 4.97. The van der Waals surface area contributed by atoms with E-state index in [0.717, 1.165) is 5.75 Å². The van der Waals surface area contributed by atoms with Crippen molar-refractivity contribution in [1.82, 2.24) is 4.72 Å². The van der Waals surface area contributed by atoms with Gasteiger partial charge in [0.25, 0.3) is 5.91 Å². The quantitative estimate of drug-likeness (QED) is 0.648. The Bertz CT molecular complexity index is 833. The van der Waals surface area contributed by atoms with Crippen LogP contribution in [0.5, 0.6) is 11.5 Å². The molecule has 0 fully saturated rings. The number of amides is 1. The first kappa shape index (κ1) is 20.7. The van der Waals surface area contributed by atoms with E-state index in [4.69, 9.17) is 9.47 Å². The van der Waals surface area contributed by atoms with Gasteiger partial charge in [-0.1, -0.05) is 6.92 Å². The topological polar surface area (TPSA) is 93.7 Å². The molecule has 1 amide bonds. The van der Waals surface area contributed by atoms with Crippen LogP contribution in [0.25, 0.3) is 0 Å². The van der Waals surface area contributed by atoms with E-state index in [2.05, 4.69) is 10.0 Å². The molecule has 0 aromatic heterocycles. The Labute approximate surface area is 159 Å². The second-order valence-electron chi connectivity index (χ2n) is 5.66. The summed E-state index contributed by atoms with van der Waals surface area (Å²) >= 11 is 0. The van der Waals surface area contributed by atoms with Crippen LogP contribution in [0.3, 0.4) is 0 Å². The molecule has 146 valence electrons. The average molecular weight is 392 g/mol. The SMILES string of the molecule is CCCNS(=O)(=O)c1ccc(OCC(=O)Nc2ccc(OCC)cc2)cc1. The van der Waals surface area contributed by atoms with E-state index >= 15 is 0 Å². The summed E-state index contributed by atoms with van der Waals surface area (Å²) in [5.74, 6) is 0.821. The van der Waals surface area contributed by atoms with Gasteiger partial charge in [0.05, 0.1) is 11.5 Å². The molecule has 0 atom stereocenters. The Kier molecular flexibility index (Phi) is 7.63. The Morgan fingerprint density at radius 1 is 0.926 bits per heavy atom. The fourth-order valence-electron chi connectivity index (χ4n) is 2.18. The number of hydrogen-bond donors (Lipinski definition) is 2. The molecule has 8 heteroatoms. The zero-order valence-corrected chi connectivity index (χ0v) is 16.2. The van der Waals surface area contributed by atoms with Crippen molar-refractivity contribution in [3.8, 4) is 11.5 Å². The number of ether oxygens (including phenoxy) is 2. The van der Waals surface area contributed by atoms with Gasteiger partial charge in [-0.2, -0.15) is 0 Å². The Morgan fingerprint density at radius 2 is 1.52 bits per heavy atom. The van der Waals surface area contributed by atoms with E-state index in [-0.39, 0.29) is 17.4 Å². The number of hydrogen-bond acceptors (Lipinski definition) is 5. The van der Waals surface area contributed by atoms with Crippen LogP contribution < -0.4 is 19.5 Å². The van der Waals surface area contributed by atoms with Crippen LogP contribution >= 0.6 is 0 Å². The van der Waals surface area contributed by atoms with E-state index in [9.17, 15) is 13.2 Å². The van der Waals surface area contributed by atoms with Gasteiger partial charge in [-0.3, -0.25) is 4.79 Å². The Hall–Kier alpha value is -2.58. The van der Waals surface area contributed by atoms with E-state index in [0.29, 0.717) is 31.0 Å². The highest BCUT2D eigenvalue weighted by Gasteiger charge is 2.13. The maximum Gasteiger partial charge on any atom is 0.262 e. The summed E-state index contributed by atoms with van der Waals surface area (Å²) in [6.45, 7) is 4.56. The molecule has 0 unspecified atom stereocenters. The number of anilines is 1. The maximum absolute atomic E-state index is 12.0. The zero-order chi connectivity index (χ0) is 19.7. The number of carbonyl (C=O) groups excluding carboxylic acids is 1. The van der Waals surface area contributed by atoms with Gasteiger partial charge in [-0.25, -0.2) is 13.1 Å². The molecule has 0 saturated heterocycles. The van der Waals surface area contributed by atoms with Gasteiger partial charge in [0.2, 0.25) is 10.0 Å². The fraction of sp³-hybridized carbons (Fsp3) is 0.316. The van der Waals surface area contributed by atoms with Gasteiger partial charge in [-0.15, -0.1) is 0 Å². The molecular weight excluding hydrogens is 368 g/mol. The highest BCUT2D eigenvalue weighted by Crippen LogP contribution is 2.17. The second-order valence-corrected chi connectivity index (χ2v) is 7.43. The molecule has 7 nitrogen and oxygen atoms in total. The predicted octanol–water partition coefficient (Wildman–Crippen LogP) is 2.79. The number of carbonyl (C=O) groups is 1. The molecule has 0 aliphatic rings. The van der Waals surface area contributed by atoms with Crippen LogP contribution in [-0.4, -0.2) is 34.1 Å². The standard InChI is InChI=1S/C19H24N2O5S/c1-3-13-20-27(23,24)18-11-9-17(10-12-18)26-14-19(22)21-15-5-7-16(8-6-15)25-4-2/h5-12,20H,3-4,13-14H2,1-2H3,(H,21,22). The van der Waals surface area contributed by atoms with Gasteiger partial charge < -0.3 is 14.8 Å². The molecule has 27 heavy (non-hydrogen) atoms. The lowest BCUT2D eigenvalue weighted by Gasteiger charge is -2.09. The highest BCUT2D eigenvalue weighted by atomic mass is 32.2. The Balaban J connectivity index is 1.86. The van der Waals surface area contributed by atoms with Crippen molar-refractivity contribution in [2.75, 3.05) is 25.1 Å². The van der Waals surface area contributed by atoms with Crippen molar-refractivity contribution < 1.29 is 22.7 Å². The molecule has 0 aliphatic carbocycles. The lowest BCUT2D eigenvalue weighted by molar-refractivity contribution is -0.118. The van der Waals surface area contributed by atoms with Crippen molar-refractivity contribution in [2.45, 2.75) is 25.2 Å². The molecule has 0 heterocycles. The van der Waals surface area contributed by atoms with E-state index in [1.165, 1.54) is 24.3 Å². The molecule has 2 aromatic carbocycles. The summed E-state index contributed by atoms with van der Waals surface area (Å²) in [5.41, 5.74) is 0.635. The van der Waals surface area contributed by atoms with Crippen LogP contribution in [-0.2, 0) is 14.8 Å². The minimum atomic E-state index is -3.51. The molecular formula is C19H24N2O5S. The lowest BCUT2D eigenvalue weighted by Crippen LogP contribution is -2.24. The number of rotatable bonds is 10. The summed E-state index contributed by atoms with van der Waals surface area (Å²) < 4.78 is 37.3. The smallest absolute Gasteiger partial charge is 0.262 e. The van der Waals surface area contributed by atoms with E-state index < -0.39 is 10.0 Å². The lowest BCUT2D eigenvalue weighted by atomic mass is 10.3. The molecule has 0 aliphatic heterocycles. The zero-order valence-electron chi connectivity index (χ0n) is 15.4. The second kappa shape index (κ2) is 9.94. The summed E-state index contributed by atoms with van der Waals surface area (Å²) in [4.78, 5) is 12.1. The molecule has 0 bridgehead atoms. The van der Waals surface area contributed by atoms with Crippen LogP contribution in [0, 0.1) is 0 Å². The Morgan fingerprint density at radius 3 is 2.11 bits per heavy atom. The molecule has 2 N–H and O–H groups in total. The van der Waals surface area contributed by atoms with E-state index in [1.807, 2.05) is 13.8 Å². The third-order valence-electron chi connectivity index (χ3n) is 3.50. The summed E-state index contributed by atoms with van der Waals surface area (Å²) in [6, 6.07) is 12.9. The van der Waals surface area contributed by atoms with Crippen LogP contribution in [0.1, 0.15) is 20.3 Å². The van der Waals surface area contributed by atoms with Crippen LogP contribution in [0.2, 0.25) is 0 Å². The van der Waals surface area contributed by atoms with Gasteiger partial charge in [-0.05, 0) is 61.9 Å². The molecule has 0 spiro atoms. The molecule has 0 saturated carbocycles. The van der Waals surface area contributed by atoms with Crippen molar-refractivity contribution in [3.05, 3.63) is 48.5 Å². The van der Waals surface area contributed by atoms with Crippen molar-refractivity contribution >= 4 is 21.6 Å². The van der Waals surface area contributed by atoms with Gasteiger partial charge in [0.1, 0.15) is 11.5 Å². The minimum Gasteiger partial charge on any atom is -0.494 e. The van der Waals surface area contributed by atoms with Crippen molar-refractivity contribution in [3.63, 3.8) is 0 Å². The fourth-order valence-corrected chi connectivity index (χ4v) is 3.32. The maximum atomic E-state index is 12.0. The van der Waals surface area contributed by atoms with Crippen molar-refractivity contribution in [1.29, 1.82) is 0 Å². The number of nitrogens with one attached hydrogen (secondary N) is 2. The van der Waals surface area contributed by atoms with Gasteiger partial charge in [0, 0.05) is 12.2 Å². The monoisotopic (exact) mass is 392 g/mol. The summed E-state index contributed by atoms with van der Waals surface area (Å²) in [5, 5.41) is 2.71. The predicted molar refractivity (Wildman–Crippen MR) is 104 cm³/mol. The third kappa shape index (κ3) is 6.58.